The zero-order valence-electron chi connectivity index (χ0n) is 7.60. The van der Waals surface area contributed by atoms with Gasteiger partial charge in [0.15, 0.2) is 6.39 Å². The van der Waals surface area contributed by atoms with Crippen LogP contribution in [0.15, 0.2) is 17.0 Å². The average molecular weight is 190 g/mol. The van der Waals surface area contributed by atoms with Gasteiger partial charge in [0.25, 0.3) is 0 Å². The molecule has 1 aliphatic rings. The van der Waals surface area contributed by atoms with Gasteiger partial charge in [-0.05, 0) is 0 Å². The van der Waals surface area contributed by atoms with E-state index in [9.17, 15) is 0 Å². The number of fused-ring (bicyclic) bond motifs is 3. The Morgan fingerprint density at radius 1 is 1.50 bits per heavy atom. The van der Waals surface area contributed by atoms with Crippen molar-refractivity contribution in [2.75, 3.05) is 0 Å². The molecule has 0 atom stereocenters. The smallest absolute Gasteiger partial charge is 0.181 e. The molecule has 14 heavy (non-hydrogen) atoms. The van der Waals surface area contributed by atoms with E-state index in [1.54, 1.807) is 0 Å². The number of oxazole rings is 1. The molecule has 2 N–H and O–H groups in total. The van der Waals surface area contributed by atoms with E-state index in [1.165, 1.54) is 6.39 Å². The minimum absolute atomic E-state index is 0.465. The van der Waals surface area contributed by atoms with Crippen LogP contribution in [0.2, 0.25) is 0 Å². The van der Waals surface area contributed by atoms with E-state index in [0.717, 1.165) is 35.9 Å². The van der Waals surface area contributed by atoms with Crippen LogP contribution < -0.4 is 5.73 Å². The summed E-state index contributed by atoms with van der Waals surface area (Å²) in [6.07, 6.45) is 4.16. The summed E-state index contributed by atoms with van der Waals surface area (Å²) in [7, 11) is 0. The molecule has 0 fully saturated rings. The van der Waals surface area contributed by atoms with Gasteiger partial charge in [0, 0.05) is 13.0 Å². The maximum atomic E-state index is 5.59. The second kappa shape index (κ2) is 2.68. The van der Waals surface area contributed by atoms with Gasteiger partial charge >= 0.3 is 0 Å². The third-order valence-corrected chi connectivity index (χ3v) is 2.57. The highest BCUT2D eigenvalue weighted by Gasteiger charge is 2.22. The lowest BCUT2D eigenvalue weighted by molar-refractivity contribution is 0.478. The molecule has 5 heteroatoms. The monoisotopic (exact) mass is 190 g/mol. The SMILES string of the molecule is NCc1ncc2n1CCc1ocnc1-2. The second-order valence-corrected chi connectivity index (χ2v) is 3.29. The molecule has 0 unspecified atom stereocenters. The van der Waals surface area contributed by atoms with Gasteiger partial charge in [-0.15, -0.1) is 0 Å². The van der Waals surface area contributed by atoms with Gasteiger partial charge in [-0.1, -0.05) is 0 Å². The van der Waals surface area contributed by atoms with Gasteiger partial charge in [0.1, 0.15) is 17.3 Å². The first-order valence-corrected chi connectivity index (χ1v) is 4.57. The topological polar surface area (TPSA) is 69.9 Å². The number of hydrogen-bond donors (Lipinski definition) is 1. The summed E-state index contributed by atoms with van der Waals surface area (Å²) in [5, 5.41) is 0. The first-order chi connectivity index (χ1) is 6.90. The van der Waals surface area contributed by atoms with Crippen molar-refractivity contribution in [3.63, 3.8) is 0 Å². The van der Waals surface area contributed by atoms with Gasteiger partial charge in [-0.2, -0.15) is 0 Å². The van der Waals surface area contributed by atoms with Crippen molar-refractivity contribution in [2.45, 2.75) is 19.5 Å². The molecule has 2 aromatic heterocycles. The van der Waals surface area contributed by atoms with Gasteiger partial charge in [-0.3, -0.25) is 0 Å². The molecule has 5 nitrogen and oxygen atoms in total. The van der Waals surface area contributed by atoms with Crippen molar-refractivity contribution >= 4 is 0 Å². The molecule has 0 radical (unpaired) electrons. The third kappa shape index (κ3) is 0.871. The van der Waals surface area contributed by atoms with Crippen molar-refractivity contribution in [1.82, 2.24) is 14.5 Å². The van der Waals surface area contributed by atoms with Crippen LogP contribution in [0, 0.1) is 0 Å². The lowest BCUT2D eigenvalue weighted by Gasteiger charge is -2.14. The highest BCUT2D eigenvalue weighted by atomic mass is 16.3. The Bertz CT molecular complexity index is 471. The predicted octanol–water partition coefficient (Wildman–Crippen LogP) is 0.553. The molecule has 0 aromatic carbocycles. The van der Waals surface area contributed by atoms with E-state index in [2.05, 4.69) is 14.5 Å². The average Bonchev–Trinajstić information content (AvgIpc) is 2.82. The summed E-state index contributed by atoms with van der Waals surface area (Å²) in [6, 6.07) is 0. The van der Waals surface area contributed by atoms with E-state index >= 15 is 0 Å². The Balaban J connectivity index is 2.22. The van der Waals surface area contributed by atoms with Crippen LogP contribution >= 0.6 is 0 Å². The Kier molecular flexibility index (Phi) is 1.49. The molecule has 3 heterocycles. The summed E-state index contributed by atoms with van der Waals surface area (Å²) >= 11 is 0. The Labute approximate surface area is 80.6 Å². The minimum atomic E-state index is 0.465. The molecule has 0 saturated carbocycles. The summed E-state index contributed by atoms with van der Waals surface area (Å²) in [4.78, 5) is 8.43. The summed E-state index contributed by atoms with van der Waals surface area (Å²) < 4.78 is 7.37. The Hall–Kier alpha value is -1.62. The van der Waals surface area contributed by atoms with Crippen molar-refractivity contribution in [3.8, 4) is 11.4 Å². The highest BCUT2D eigenvalue weighted by molar-refractivity contribution is 5.58. The number of nitrogens with two attached hydrogens (primary N) is 1. The van der Waals surface area contributed by atoms with Crippen molar-refractivity contribution in [2.24, 2.45) is 5.73 Å². The number of rotatable bonds is 1. The Morgan fingerprint density at radius 2 is 2.43 bits per heavy atom. The normalized spacial score (nSPS) is 13.8. The first-order valence-electron chi connectivity index (χ1n) is 4.57. The maximum absolute atomic E-state index is 5.59. The molecule has 0 amide bonds. The van der Waals surface area contributed by atoms with Crippen LogP contribution in [0.1, 0.15) is 11.6 Å². The standard InChI is InChI=1S/C9H10N4O/c10-3-8-11-4-6-9-7(14-5-12-9)1-2-13(6)8/h4-5H,1-3,10H2. The van der Waals surface area contributed by atoms with Crippen LogP contribution in [0.3, 0.4) is 0 Å². The first kappa shape index (κ1) is 7.75. The van der Waals surface area contributed by atoms with Crippen LogP contribution in [0.4, 0.5) is 0 Å². The van der Waals surface area contributed by atoms with Gasteiger partial charge in [0.2, 0.25) is 0 Å². The number of imidazole rings is 1. The molecule has 0 aliphatic carbocycles. The number of nitrogens with zero attached hydrogens (tertiary/aromatic N) is 3. The van der Waals surface area contributed by atoms with E-state index in [0.29, 0.717) is 6.54 Å². The van der Waals surface area contributed by atoms with Gasteiger partial charge in [0.05, 0.1) is 18.4 Å². The summed E-state index contributed by atoms with van der Waals surface area (Å²) in [5.41, 5.74) is 7.51. The molecule has 0 spiro atoms. The molecule has 1 aliphatic heterocycles. The van der Waals surface area contributed by atoms with Crippen LogP contribution in [-0.2, 0) is 19.5 Å². The number of hydrogen-bond acceptors (Lipinski definition) is 4. The van der Waals surface area contributed by atoms with Crippen LogP contribution in [0.5, 0.6) is 0 Å². The minimum Gasteiger partial charge on any atom is -0.448 e. The molecule has 0 bridgehead atoms. The quantitative estimate of drug-likeness (QED) is 0.713. The fraction of sp³-hybridized carbons (Fsp3) is 0.333. The van der Waals surface area contributed by atoms with E-state index in [-0.39, 0.29) is 0 Å². The Morgan fingerprint density at radius 3 is 3.29 bits per heavy atom. The summed E-state index contributed by atoms with van der Waals surface area (Å²) in [5.74, 6) is 1.86. The molecular formula is C9H10N4O. The molecule has 3 rings (SSSR count). The zero-order valence-corrected chi connectivity index (χ0v) is 7.60. The lowest BCUT2D eigenvalue weighted by atomic mass is 10.1. The van der Waals surface area contributed by atoms with Gasteiger partial charge < -0.3 is 14.7 Å². The third-order valence-electron chi connectivity index (χ3n) is 2.57. The van der Waals surface area contributed by atoms with Crippen molar-refractivity contribution in [1.29, 1.82) is 0 Å². The van der Waals surface area contributed by atoms with Gasteiger partial charge in [-0.25, -0.2) is 9.97 Å². The van der Waals surface area contributed by atoms with Crippen LogP contribution in [0.25, 0.3) is 11.4 Å². The molecule has 0 saturated heterocycles. The maximum Gasteiger partial charge on any atom is 0.181 e. The highest BCUT2D eigenvalue weighted by Crippen LogP contribution is 2.28. The summed E-state index contributed by atoms with van der Waals surface area (Å²) in [6.45, 7) is 1.34. The zero-order chi connectivity index (χ0) is 9.54. The van der Waals surface area contributed by atoms with E-state index < -0.39 is 0 Å². The van der Waals surface area contributed by atoms with E-state index in [4.69, 9.17) is 10.2 Å². The number of aryl methyl sites for hydroxylation is 1. The number of aromatic nitrogens is 3. The molecular weight excluding hydrogens is 180 g/mol. The molecule has 72 valence electrons. The van der Waals surface area contributed by atoms with Crippen LogP contribution in [-0.4, -0.2) is 14.5 Å². The lowest BCUT2D eigenvalue weighted by Crippen LogP contribution is -2.14. The van der Waals surface area contributed by atoms with Crippen molar-refractivity contribution < 1.29 is 4.42 Å². The largest absolute Gasteiger partial charge is 0.448 e. The van der Waals surface area contributed by atoms with E-state index in [1.807, 2.05) is 6.20 Å². The van der Waals surface area contributed by atoms with Crippen molar-refractivity contribution in [3.05, 3.63) is 24.2 Å². The predicted molar refractivity (Wildman–Crippen MR) is 49.3 cm³/mol. The molecule has 2 aromatic rings. The fourth-order valence-corrected chi connectivity index (χ4v) is 1.89. The second-order valence-electron chi connectivity index (χ2n) is 3.29. The fourth-order valence-electron chi connectivity index (χ4n) is 1.89.